The van der Waals surface area contributed by atoms with Gasteiger partial charge in [0.25, 0.3) is 0 Å². The Bertz CT molecular complexity index is 414. The van der Waals surface area contributed by atoms with Crippen LogP contribution in [0.25, 0.3) is 0 Å². The Morgan fingerprint density at radius 1 is 1.35 bits per heavy atom. The van der Waals surface area contributed by atoms with Gasteiger partial charge in [0, 0.05) is 17.4 Å². The Hall–Kier alpha value is -0.580. The van der Waals surface area contributed by atoms with E-state index in [-0.39, 0.29) is 5.37 Å². The van der Waals surface area contributed by atoms with Crippen molar-refractivity contribution in [3.63, 3.8) is 0 Å². The Kier molecular flexibility index (Phi) is 4.07. The first-order valence-electron chi connectivity index (χ1n) is 5.45. The molecule has 2 rings (SSSR count). The molecule has 1 saturated heterocycles. The fraction of sp³-hybridized carbons (Fsp3) is 0.500. The number of ether oxygens (including phenoxy) is 2. The number of methoxy groups -OCH3 is 2. The van der Waals surface area contributed by atoms with Crippen molar-refractivity contribution in [2.45, 2.75) is 18.3 Å². The SMILES string of the molecule is COc1ccc(C2NC(C)CS2)c(Cl)c1OC. The van der Waals surface area contributed by atoms with E-state index in [1.54, 1.807) is 14.2 Å². The van der Waals surface area contributed by atoms with Gasteiger partial charge in [-0.3, -0.25) is 5.32 Å². The number of rotatable bonds is 3. The van der Waals surface area contributed by atoms with Crippen LogP contribution in [0.3, 0.4) is 0 Å². The minimum atomic E-state index is 0.234. The highest BCUT2D eigenvalue weighted by Crippen LogP contribution is 2.43. The first kappa shape index (κ1) is 12.9. The second-order valence-electron chi connectivity index (χ2n) is 3.99. The average Bonchev–Trinajstić information content (AvgIpc) is 2.75. The predicted octanol–water partition coefficient (Wildman–Crippen LogP) is 3.08. The van der Waals surface area contributed by atoms with Crippen LogP contribution >= 0.6 is 23.4 Å². The third-order valence-corrected chi connectivity index (χ3v) is 4.55. The van der Waals surface area contributed by atoms with Gasteiger partial charge in [-0.25, -0.2) is 0 Å². The van der Waals surface area contributed by atoms with E-state index in [1.165, 1.54) is 0 Å². The molecular formula is C12H16ClNO2S. The number of halogens is 1. The van der Waals surface area contributed by atoms with Crippen LogP contribution in [0.1, 0.15) is 17.9 Å². The molecule has 0 spiro atoms. The van der Waals surface area contributed by atoms with Gasteiger partial charge < -0.3 is 9.47 Å². The summed E-state index contributed by atoms with van der Waals surface area (Å²) in [6.45, 7) is 2.17. The van der Waals surface area contributed by atoms with Crippen LogP contribution in [0.15, 0.2) is 12.1 Å². The average molecular weight is 274 g/mol. The first-order chi connectivity index (χ1) is 8.17. The number of benzene rings is 1. The second-order valence-corrected chi connectivity index (χ2v) is 5.50. The van der Waals surface area contributed by atoms with Crippen LogP contribution < -0.4 is 14.8 Å². The molecule has 1 fully saturated rings. The summed E-state index contributed by atoms with van der Waals surface area (Å²) in [5, 5.41) is 4.35. The molecule has 0 aromatic heterocycles. The molecule has 5 heteroatoms. The molecule has 0 bridgehead atoms. The number of nitrogens with one attached hydrogen (secondary N) is 1. The summed E-state index contributed by atoms with van der Waals surface area (Å²) < 4.78 is 10.5. The quantitative estimate of drug-likeness (QED) is 0.917. The van der Waals surface area contributed by atoms with Crippen LogP contribution in [-0.4, -0.2) is 26.0 Å². The molecule has 17 heavy (non-hydrogen) atoms. The monoisotopic (exact) mass is 273 g/mol. The predicted molar refractivity (Wildman–Crippen MR) is 72.4 cm³/mol. The van der Waals surface area contributed by atoms with Crippen molar-refractivity contribution in [3.8, 4) is 11.5 Å². The van der Waals surface area contributed by atoms with Crippen molar-refractivity contribution >= 4 is 23.4 Å². The molecule has 1 N–H and O–H groups in total. The summed E-state index contributed by atoms with van der Waals surface area (Å²) in [5.41, 5.74) is 1.05. The van der Waals surface area contributed by atoms with Crippen molar-refractivity contribution < 1.29 is 9.47 Å². The van der Waals surface area contributed by atoms with Gasteiger partial charge in [-0.1, -0.05) is 17.7 Å². The molecule has 0 amide bonds. The van der Waals surface area contributed by atoms with Crippen LogP contribution in [0.5, 0.6) is 11.5 Å². The zero-order chi connectivity index (χ0) is 12.4. The minimum Gasteiger partial charge on any atom is -0.493 e. The van der Waals surface area contributed by atoms with Gasteiger partial charge in [-0.2, -0.15) is 0 Å². The lowest BCUT2D eigenvalue weighted by Crippen LogP contribution is -2.22. The molecule has 1 aliphatic rings. The maximum absolute atomic E-state index is 6.36. The maximum Gasteiger partial charge on any atom is 0.179 e. The topological polar surface area (TPSA) is 30.5 Å². The Labute approximate surface area is 111 Å². The van der Waals surface area contributed by atoms with Crippen molar-refractivity contribution in [2.24, 2.45) is 0 Å². The molecule has 2 unspecified atom stereocenters. The van der Waals surface area contributed by atoms with Gasteiger partial charge in [0.1, 0.15) is 0 Å². The molecule has 1 aliphatic heterocycles. The zero-order valence-electron chi connectivity index (χ0n) is 10.1. The van der Waals surface area contributed by atoms with Gasteiger partial charge in [0.05, 0.1) is 24.6 Å². The van der Waals surface area contributed by atoms with E-state index in [1.807, 2.05) is 23.9 Å². The summed E-state index contributed by atoms with van der Waals surface area (Å²) in [5.74, 6) is 2.36. The van der Waals surface area contributed by atoms with E-state index in [4.69, 9.17) is 21.1 Å². The number of thioether (sulfide) groups is 1. The first-order valence-corrected chi connectivity index (χ1v) is 6.88. The smallest absolute Gasteiger partial charge is 0.179 e. The highest BCUT2D eigenvalue weighted by atomic mass is 35.5. The molecule has 0 aliphatic carbocycles. The lowest BCUT2D eigenvalue weighted by Gasteiger charge is -2.17. The summed E-state index contributed by atoms with van der Waals surface area (Å²) >= 11 is 8.22. The molecule has 1 aromatic carbocycles. The summed E-state index contributed by atoms with van der Waals surface area (Å²) in [7, 11) is 3.21. The van der Waals surface area contributed by atoms with Crippen molar-refractivity contribution in [3.05, 3.63) is 22.7 Å². The molecule has 0 radical (unpaired) electrons. The summed E-state index contributed by atoms with van der Waals surface area (Å²) in [6, 6.07) is 4.40. The molecule has 3 nitrogen and oxygen atoms in total. The second kappa shape index (κ2) is 5.38. The molecule has 1 heterocycles. The maximum atomic E-state index is 6.36. The van der Waals surface area contributed by atoms with Crippen molar-refractivity contribution in [2.75, 3.05) is 20.0 Å². The fourth-order valence-corrected chi connectivity index (χ4v) is 3.57. The lowest BCUT2D eigenvalue weighted by atomic mass is 10.2. The van der Waals surface area contributed by atoms with Gasteiger partial charge >= 0.3 is 0 Å². The Morgan fingerprint density at radius 3 is 2.65 bits per heavy atom. The van der Waals surface area contributed by atoms with Crippen LogP contribution in [-0.2, 0) is 0 Å². The highest BCUT2D eigenvalue weighted by molar-refractivity contribution is 7.99. The molecular weight excluding hydrogens is 258 g/mol. The van der Waals surface area contributed by atoms with Gasteiger partial charge in [-0.15, -0.1) is 11.8 Å². The normalized spacial score (nSPS) is 23.8. The van der Waals surface area contributed by atoms with E-state index in [2.05, 4.69) is 12.2 Å². The molecule has 2 atom stereocenters. The third-order valence-electron chi connectivity index (χ3n) is 2.75. The molecule has 0 saturated carbocycles. The van der Waals surface area contributed by atoms with Crippen LogP contribution in [0, 0.1) is 0 Å². The molecule has 94 valence electrons. The third kappa shape index (κ3) is 2.49. The van der Waals surface area contributed by atoms with Crippen LogP contribution in [0.2, 0.25) is 5.02 Å². The van der Waals surface area contributed by atoms with E-state index >= 15 is 0 Å². The fourth-order valence-electron chi connectivity index (χ4n) is 1.88. The number of hydrogen-bond donors (Lipinski definition) is 1. The van der Waals surface area contributed by atoms with Crippen molar-refractivity contribution in [1.29, 1.82) is 0 Å². The van der Waals surface area contributed by atoms with Crippen LogP contribution in [0.4, 0.5) is 0 Å². The Balaban J connectivity index is 2.35. The van der Waals surface area contributed by atoms with E-state index in [0.29, 0.717) is 22.6 Å². The molecule has 1 aromatic rings. The van der Waals surface area contributed by atoms with Crippen molar-refractivity contribution in [1.82, 2.24) is 5.32 Å². The summed E-state index contributed by atoms with van der Waals surface area (Å²) in [4.78, 5) is 0. The van der Waals surface area contributed by atoms with Gasteiger partial charge in [0.2, 0.25) is 0 Å². The van der Waals surface area contributed by atoms with E-state index in [0.717, 1.165) is 11.3 Å². The van der Waals surface area contributed by atoms with Gasteiger partial charge in [0.15, 0.2) is 11.5 Å². The minimum absolute atomic E-state index is 0.234. The van der Waals surface area contributed by atoms with E-state index in [9.17, 15) is 0 Å². The van der Waals surface area contributed by atoms with Gasteiger partial charge in [-0.05, 0) is 13.0 Å². The highest BCUT2D eigenvalue weighted by Gasteiger charge is 2.26. The lowest BCUT2D eigenvalue weighted by molar-refractivity contribution is 0.354. The number of hydrogen-bond acceptors (Lipinski definition) is 4. The van der Waals surface area contributed by atoms with E-state index < -0.39 is 0 Å². The standard InChI is InChI=1S/C12H16ClNO2S/c1-7-6-17-12(14-7)8-4-5-9(15-2)11(16-3)10(8)13/h4-5,7,12,14H,6H2,1-3H3. The largest absolute Gasteiger partial charge is 0.493 e. The summed E-state index contributed by atoms with van der Waals surface area (Å²) in [6.07, 6.45) is 0. The zero-order valence-corrected chi connectivity index (χ0v) is 11.7. The Morgan fingerprint density at radius 2 is 2.12 bits per heavy atom.